The molecule has 0 atom stereocenters. The zero-order valence-corrected chi connectivity index (χ0v) is 69.9. The lowest BCUT2D eigenvalue weighted by molar-refractivity contribution is 1.48. The predicted octanol–water partition coefficient (Wildman–Crippen LogP) is 34.7. The van der Waals surface area contributed by atoms with Crippen LogP contribution in [0.5, 0.6) is 0 Å². The summed E-state index contributed by atoms with van der Waals surface area (Å²) in [5.74, 6) is 0. The molecule has 14 aromatic carbocycles. The van der Waals surface area contributed by atoms with E-state index < -0.39 is 0 Å². The van der Waals surface area contributed by atoms with Gasteiger partial charge in [-0.3, -0.25) is 0 Å². The molecule has 14 rings (SSSR count). The van der Waals surface area contributed by atoms with Crippen LogP contribution in [0.3, 0.4) is 0 Å². The summed E-state index contributed by atoms with van der Waals surface area (Å²) in [6.07, 6.45) is 0. The molecule has 0 heterocycles. The molecule has 0 aromatic heterocycles. The quantitative estimate of drug-likeness (QED) is 0.144. The maximum Gasteiger partial charge on any atom is -0.0178 e. The molecule has 0 aliphatic heterocycles. The van der Waals surface area contributed by atoms with Crippen LogP contribution in [0.1, 0.15) is 183 Å². The van der Waals surface area contributed by atoms with Crippen molar-refractivity contribution in [3.8, 4) is 11.1 Å². The first kappa shape index (κ1) is 107. The average molecular weight is 1380 g/mol. The number of aryl methyl sites for hydroxylation is 3. The minimum Gasteiger partial charge on any atom is -0.0683 e. The Balaban J connectivity index is -0.000000196. The molecule has 0 aliphatic rings. The summed E-state index contributed by atoms with van der Waals surface area (Å²) in [4.78, 5) is 0. The third-order valence-corrected chi connectivity index (χ3v) is 12.0. The highest BCUT2D eigenvalue weighted by atomic mass is 14.0. The van der Waals surface area contributed by atoms with Crippen molar-refractivity contribution in [1.29, 1.82) is 0 Å². The van der Waals surface area contributed by atoms with E-state index in [9.17, 15) is 0 Å². The summed E-state index contributed by atoms with van der Waals surface area (Å²) in [6.45, 7) is 54.3. The van der Waals surface area contributed by atoms with Gasteiger partial charge in [-0.2, -0.15) is 0 Å². The highest BCUT2D eigenvalue weighted by Crippen LogP contribution is 2.22. The summed E-state index contributed by atoms with van der Waals surface area (Å²) in [7, 11) is 0. The molecule has 0 amide bonds. The first-order valence-corrected chi connectivity index (χ1v) is 38.9. The van der Waals surface area contributed by atoms with Gasteiger partial charge in [0.1, 0.15) is 0 Å². The molecule has 0 bridgehead atoms. The average Bonchev–Trinajstić information content (AvgIpc) is 0.812. The van der Waals surface area contributed by atoms with E-state index in [1.54, 1.807) is 0 Å². The second-order valence-electron chi connectivity index (χ2n) is 18.2. The van der Waals surface area contributed by atoms with E-state index in [1.165, 1.54) is 70.9 Å². The summed E-state index contributed by atoms with van der Waals surface area (Å²) < 4.78 is 0. The van der Waals surface area contributed by atoms with Crippen molar-refractivity contribution in [2.45, 2.75) is 187 Å². The Morgan fingerprint density at radius 1 is 0.107 bits per heavy atom. The van der Waals surface area contributed by atoms with Gasteiger partial charge in [-0.05, 0) is 87.1 Å². The highest BCUT2D eigenvalue weighted by molar-refractivity contribution is 5.98. The summed E-state index contributed by atoms with van der Waals surface area (Å²) in [5.41, 5.74) is 6.52. The first-order chi connectivity index (χ1) is 51.0. The molecule has 0 heteroatoms. The zero-order valence-electron chi connectivity index (χ0n) is 69.9. The second kappa shape index (κ2) is 90.1. The van der Waals surface area contributed by atoms with Gasteiger partial charge in [-0.1, -0.05) is 553 Å². The molecule has 0 unspecified atom stereocenters. The standard InChI is InChI=1S/C14H10.C12H10.2C10H8.3C7H8.2C6H6.12C2H6/c1-2-6-12-10-14-8-4-3-7-13(14)9-11(12)5-1;1-3-7-11(8-4-1)12-9-5-2-6-10-12;2*1-2-6-10-8-4-3-7-9(10)5-1;3*1-7-5-3-2-4-6-7;2*1-2-4-6-5-3-1;12*1-2/h1-10H;1-10H;2*1-8H;3*2-6H,1H3;2*1-6H;12*1-2H3. The fraction of sp³-hybridized carbons (Fsp3) is 0.262. The van der Waals surface area contributed by atoms with Gasteiger partial charge >= 0.3 is 0 Å². The third-order valence-electron chi connectivity index (χ3n) is 12.0. The number of hydrogen-bond donors (Lipinski definition) is 0. The first-order valence-electron chi connectivity index (χ1n) is 38.9. The zero-order chi connectivity index (χ0) is 79.1. The van der Waals surface area contributed by atoms with Gasteiger partial charge in [-0.15, -0.1) is 0 Å². The van der Waals surface area contributed by atoms with E-state index in [4.69, 9.17) is 0 Å². The van der Waals surface area contributed by atoms with Crippen LogP contribution in [0, 0.1) is 20.8 Å². The number of rotatable bonds is 1. The van der Waals surface area contributed by atoms with Crippen molar-refractivity contribution >= 4 is 43.1 Å². The number of benzene rings is 14. The Labute approximate surface area is 636 Å². The summed E-state index contributed by atoms with van der Waals surface area (Å²) >= 11 is 0. The number of fused-ring (bicyclic) bond motifs is 4. The van der Waals surface area contributed by atoms with E-state index in [0.29, 0.717) is 0 Å². The molecular weight excluding hydrogens is 1240 g/mol. The van der Waals surface area contributed by atoms with Gasteiger partial charge in [0.25, 0.3) is 0 Å². The van der Waals surface area contributed by atoms with Crippen LogP contribution in [-0.4, -0.2) is 0 Å². The van der Waals surface area contributed by atoms with E-state index in [0.717, 1.165) is 0 Å². The van der Waals surface area contributed by atoms with Gasteiger partial charge in [0.15, 0.2) is 0 Å². The molecule has 0 nitrogen and oxygen atoms in total. The van der Waals surface area contributed by atoms with Crippen molar-refractivity contribution < 1.29 is 0 Å². The molecule has 0 spiro atoms. The predicted molar refractivity (Wildman–Crippen MR) is 484 cm³/mol. The molecule has 556 valence electrons. The Morgan fingerprint density at radius 3 is 0.320 bits per heavy atom. The smallest absolute Gasteiger partial charge is 0.0178 e. The Hall–Kier alpha value is -9.88. The van der Waals surface area contributed by atoms with Gasteiger partial charge in [-0.25, -0.2) is 0 Å². The molecule has 14 aromatic rings. The SMILES string of the molecule is CC.CC.CC.CC.CC.CC.CC.CC.CC.CC.CC.CC.Cc1ccccc1.Cc1ccccc1.Cc1ccccc1.c1ccc(-c2ccccc2)cc1.c1ccc2cc3ccccc3cc2c1.c1ccc2ccccc2c1.c1ccc2ccccc2c1.c1ccccc1.c1ccccc1. The highest BCUT2D eigenvalue weighted by Gasteiger charge is 1.96. The molecule has 0 saturated heterocycles. The fourth-order valence-corrected chi connectivity index (χ4v) is 7.78. The number of hydrogen-bond acceptors (Lipinski definition) is 0. The van der Waals surface area contributed by atoms with Crippen LogP contribution in [0.2, 0.25) is 0 Å². The topological polar surface area (TPSA) is 0 Å². The van der Waals surface area contributed by atoms with Crippen LogP contribution in [0.15, 0.2) is 382 Å². The van der Waals surface area contributed by atoms with Crippen molar-refractivity contribution in [2.24, 2.45) is 0 Å². The van der Waals surface area contributed by atoms with Crippen molar-refractivity contribution in [3.63, 3.8) is 0 Å². The lowest BCUT2D eigenvalue weighted by Crippen LogP contribution is -1.74. The van der Waals surface area contributed by atoms with E-state index in [1.807, 2.05) is 306 Å². The molecular formula is C103H144. The summed E-state index contributed by atoms with van der Waals surface area (Å²) in [5, 5.41) is 10.5. The second-order valence-corrected chi connectivity index (χ2v) is 18.2. The van der Waals surface area contributed by atoms with Crippen LogP contribution < -0.4 is 0 Å². The fourth-order valence-electron chi connectivity index (χ4n) is 7.78. The van der Waals surface area contributed by atoms with Crippen molar-refractivity contribution in [3.05, 3.63) is 399 Å². The van der Waals surface area contributed by atoms with Crippen LogP contribution in [-0.2, 0) is 0 Å². The largest absolute Gasteiger partial charge is 0.0683 e. The maximum atomic E-state index is 2.24. The lowest BCUT2D eigenvalue weighted by atomic mass is 10.0. The molecule has 0 aliphatic carbocycles. The molecule has 0 fully saturated rings. The van der Waals surface area contributed by atoms with E-state index >= 15 is 0 Å². The molecule has 103 heavy (non-hydrogen) atoms. The third kappa shape index (κ3) is 59.5. The minimum atomic E-state index is 1.28. The van der Waals surface area contributed by atoms with Gasteiger partial charge < -0.3 is 0 Å². The molecule has 0 N–H and O–H groups in total. The van der Waals surface area contributed by atoms with Crippen LogP contribution in [0.25, 0.3) is 54.2 Å². The Morgan fingerprint density at radius 2 is 0.204 bits per heavy atom. The van der Waals surface area contributed by atoms with Gasteiger partial charge in [0.05, 0.1) is 0 Å². The maximum absolute atomic E-state index is 2.24. The monoisotopic (exact) mass is 1380 g/mol. The normalized spacial score (nSPS) is 7.95. The van der Waals surface area contributed by atoms with Crippen molar-refractivity contribution in [2.75, 3.05) is 0 Å². The molecule has 0 saturated carbocycles. The van der Waals surface area contributed by atoms with Crippen molar-refractivity contribution in [1.82, 2.24) is 0 Å². The van der Waals surface area contributed by atoms with E-state index in [2.05, 4.69) is 263 Å². The lowest BCUT2D eigenvalue weighted by Gasteiger charge is -2.00. The van der Waals surface area contributed by atoms with Crippen LogP contribution in [0.4, 0.5) is 0 Å². The molecule has 0 radical (unpaired) electrons. The Kier molecular flexibility index (Phi) is 93.2. The van der Waals surface area contributed by atoms with E-state index in [-0.39, 0.29) is 0 Å². The minimum absolute atomic E-state index is 1.28. The van der Waals surface area contributed by atoms with Crippen LogP contribution >= 0.6 is 0 Å². The Bertz CT molecular complexity index is 3190. The summed E-state index contributed by atoms with van der Waals surface area (Å²) in [6, 6.07) is 130. The van der Waals surface area contributed by atoms with Gasteiger partial charge in [0, 0.05) is 0 Å². The van der Waals surface area contributed by atoms with Gasteiger partial charge in [0.2, 0.25) is 0 Å².